The minimum absolute atomic E-state index is 0.315. The summed E-state index contributed by atoms with van der Waals surface area (Å²) in [5, 5.41) is 14.1. The Balaban J connectivity index is 1.81. The van der Waals surface area contributed by atoms with Crippen molar-refractivity contribution in [3.8, 4) is 5.75 Å². The number of aliphatic hydroxyl groups excluding tert-OH is 1. The third-order valence-electron chi connectivity index (χ3n) is 4.65. The molecular formula is C18H28N2O2. The Morgan fingerprint density at radius 3 is 3.00 bits per heavy atom. The number of rotatable bonds is 4. The molecular weight excluding hydrogens is 276 g/mol. The molecule has 0 spiro atoms. The largest absolute Gasteiger partial charge is 0.490 e. The van der Waals surface area contributed by atoms with Crippen LogP contribution in [0.1, 0.15) is 38.4 Å². The van der Waals surface area contributed by atoms with Crippen LogP contribution in [0.5, 0.6) is 5.75 Å². The molecule has 2 atom stereocenters. The third-order valence-corrected chi connectivity index (χ3v) is 4.65. The molecule has 2 aliphatic heterocycles. The van der Waals surface area contributed by atoms with Crippen LogP contribution in [-0.2, 0) is 0 Å². The fourth-order valence-electron chi connectivity index (χ4n) is 3.52. The maximum Gasteiger partial charge on any atom is 0.142 e. The highest BCUT2D eigenvalue weighted by atomic mass is 16.5. The molecule has 2 N–H and O–H groups in total. The van der Waals surface area contributed by atoms with Gasteiger partial charge < -0.3 is 20.1 Å². The Hall–Kier alpha value is -1.26. The Kier molecular flexibility index (Phi) is 4.89. The summed E-state index contributed by atoms with van der Waals surface area (Å²) in [5.74, 6) is 1.88. The number of fused-ring (bicyclic) bond motifs is 1. The molecule has 1 fully saturated rings. The van der Waals surface area contributed by atoms with Gasteiger partial charge in [-0.2, -0.15) is 0 Å². The van der Waals surface area contributed by atoms with Crippen molar-refractivity contribution in [1.29, 1.82) is 0 Å². The number of ether oxygens (including phenoxy) is 1. The zero-order valence-corrected chi connectivity index (χ0v) is 13.7. The molecule has 0 amide bonds. The van der Waals surface area contributed by atoms with Crippen LogP contribution < -0.4 is 15.0 Å². The average molecular weight is 304 g/mol. The molecule has 1 saturated heterocycles. The van der Waals surface area contributed by atoms with Crippen molar-refractivity contribution in [3.05, 3.63) is 23.8 Å². The molecule has 1 aromatic rings. The monoisotopic (exact) mass is 304 g/mol. The lowest BCUT2D eigenvalue weighted by molar-refractivity contribution is 0.0921. The van der Waals surface area contributed by atoms with Crippen LogP contribution in [0.15, 0.2) is 18.2 Å². The number of piperidine rings is 1. The molecule has 0 aromatic heterocycles. The van der Waals surface area contributed by atoms with Gasteiger partial charge in [0.25, 0.3) is 0 Å². The summed E-state index contributed by atoms with van der Waals surface area (Å²) < 4.78 is 5.78. The fraction of sp³-hybridized carbons (Fsp3) is 0.667. The first-order valence-corrected chi connectivity index (χ1v) is 8.55. The highest BCUT2D eigenvalue weighted by Gasteiger charge is 2.25. The number of benzene rings is 1. The molecule has 4 nitrogen and oxygen atoms in total. The van der Waals surface area contributed by atoms with Gasteiger partial charge in [0.2, 0.25) is 0 Å². The van der Waals surface area contributed by atoms with Gasteiger partial charge in [-0.05, 0) is 43.0 Å². The standard InChI is InChI=1S/C18H28N2O2/c1-13(2)12-20-8-9-22-17-6-5-14(10-16(17)20)18(21)15-4-3-7-19-11-15/h5-6,10,13,15,18-19,21H,3-4,7-9,11-12H2,1-2H3. The maximum atomic E-state index is 10.7. The van der Waals surface area contributed by atoms with E-state index in [9.17, 15) is 5.11 Å². The van der Waals surface area contributed by atoms with Crippen LogP contribution in [0.2, 0.25) is 0 Å². The van der Waals surface area contributed by atoms with E-state index in [-0.39, 0.29) is 6.10 Å². The summed E-state index contributed by atoms with van der Waals surface area (Å²) in [4.78, 5) is 2.39. The molecule has 2 aliphatic rings. The van der Waals surface area contributed by atoms with E-state index in [1.807, 2.05) is 12.1 Å². The van der Waals surface area contributed by atoms with Crippen LogP contribution >= 0.6 is 0 Å². The summed E-state index contributed by atoms with van der Waals surface area (Å²) in [6.07, 6.45) is 1.85. The first-order chi connectivity index (χ1) is 10.6. The average Bonchev–Trinajstić information content (AvgIpc) is 2.54. The van der Waals surface area contributed by atoms with E-state index >= 15 is 0 Å². The molecule has 22 heavy (non-hydrogen) atoms. The zero-order valence-electron chi connectivity index (χ0n) is 13.7. The summed E-state index contributed by atoms with van der Waals surface area (Å²) in [6.45, 7) is 9.15. The molecule has 2 heterocycles. The fourth-order valence-corrected chi connectivity index (χ4v) is 3.52. The number of hydrogen-bond donors (Lipinski definition) is 2. The van der Waals surface area contributed by atoms with Crippen LogP contribution in [-0.4, -0.2) is 37.9 Å². The highest BCUT2D eigenvalue weighted by Crippen LogP contribution is 2.36. The van der Waals surface area contributed by atoms with Crippen molar-refractivity contribution in [2.75, 3.05) is 37.7 Å². The van der Waals surface area contributed by atoms with Gasteiger partial charge in [0.15, 0.2) is 0 Å². The molecule has 4 heteroatoms. The van der Waals surface area contributed by atoms with Gasteiger partial charge in [-0.3, -0.25) is 0 Å². The van der Waals surface area contributed by atoms with Gasteiger partial charge in [-0.1, -0.05) is 19.9 Å². The Bertz CT molecular complexity index is 498. The van der Waals surface area contributed by atoms with Gasteiger partial charge in [0.05, 0.1) is 18.3 Å². The third kappa shape index (κ3) is 3.39. The number of aliphatic hydroxyl groups is 1. The van der Waals surface area contributed by atoms with E-state index in [2.05, 4.69) is 30.1 Å². The second-order valence-corrected chi connectivity index (χ2v) is 6.97. The Morgan fingerprint density at radius 1 is 1.41 bits per heavy atom. The second kappa shape index (κ2) is 6.88. The van der Waals surface area contributed by atoms with Gasteiger partial charge in [-0.25, -0.2) is 0 Å². The molecule has 0 aliphatic carbocycles. The molecule has 2 unspecified atom stereocenters. The van der Waals surface area contributed by atoms with Gasteiger partial charge >= 0.3 is 0 Å². The minimum atomic E-state index is -0.388. The number of hydrogen-bond acceptors (Lipinski definition) is 4. The Morgan fingerprint density at radius 2 is 2.27 bits per heavy atom. The van der Waals surface area contributed by atoms with E-state index in [1.165, 1.54) is 0 Å². The van der Waals surface area contributed by atoms with Gasteiger partial charge in [-0.15, -0.1) is 0 Å². The first-order valence-electron chi connectivity index (χ1n) is 8.55. The minimum Gasteiger partial charge on any atom is -0.490 e. The van der Waals surface area contributed by atoms with Crippen molar-refractivity contribution in [3.63, 3.8) is 0 Å². The normalized spacial score (nSPS) is 23.1. The lowest BCUT2D eigenvalue weighted by Crippen LogP contribution is -2.36. The molecule has 1 aromatic carbocycles. The van der Waals surface area contributed by atoms with Crippen LogP contribution in [0, 0.1) is 11.8 Å². The van der Waals surface area contributed by atoms with Crippen molar-refractivity contribution >= 4 is 5.69 Å². The second-order valence-electron chi connectivity index (χ2n) is 6.97. The zero-order chi connectivity index (χ0) is 15.5. The lowest BCUT2D eigenvalue weighted by Gasteiger charge is -2.34. The highest BCUT2D eigenvalue weighted by molar-refractivity contribution is 5.61. The number of anilines is 1. The summed E-state index contributed by atoms with van der Waals surface area (Å²) in [7, 11) is 0. The summed E-state index contributed by atoms with van der Waals surface area (Å²) >= 11 is 0. The molecule has 0 saturated carbocycles. The topological polar surface area (TPSA) is 44.7 Å². The van der Waals surface area contributed by atoms with E-state index in [0.717, 1.165) is 62.6 Å². The van der Waals surface area contributed by atoms with Gasteiger partial charge in [0, 0.05) is 19.0 Å². The smallest absolute Gasteiger partial charge is 0.142 e. The quantitative estimate of drug-likeness (QED) is 0.897. The van der Waals surface area contributed by atoms with Crippen LogP contribution in [0.4, 0.5) is 5.69 Å². The van der Waals surface area contributed by atoms with Crippen molar-refractivity contribution in [2.45, 2.75) is 32.8 Å². The number of nitrogens with one attached hydrogen (secondary N) is 1. The first kappa shape index (κ1) is 15.6. The van der Waals surface area contributed by atoms with Crippen LogP contribution in [0.3, 0.4) is 0 Å². The summed E-state index contributed by atoms with van der Waals surface area (Å²) in [5.41, 5.74) is 2.16. The molecule has 122 valence electrons. The lowest BCUT2D eigenvalue weighted by atomic mass is 9.89. The van der Waals surface area contributed by atoms with Crippen molar-refractivity contribution in [1.82, 2.24) is 5.32 Å². The predicted octanol–water partition coefficient (Wildman–Crippen LogP) is 2.57. The van der Waals surface area contributed by atoms with Gasteiger partial charge in [0.1, 0.15) is 12.4 Å². The number of nitrogens with zero attached hydrogens (tertiary/aromatic N) is 1. The SMILES string of the molecule is CC(C)CN1CCOc2ccc(C(O)C3CCCNC3)cc21. The maximum absolute atomic E-state index is 10.7. The predicted molar refractivity (Wildman–Crippen MR) is 89.5 cm³/mol. The molecule has 0 bridgehead atoms. The molecule has 3 rings (SSSR count). The van der Waals surface area contributed by atoms with E-state index < -0.39 is 0 Å². The van der Waals surface area contributed by atoms with Crippen molar-refractivity contribution < 1.29 is 9.84 Å². The molecule has 0 radical (unpaired) electrons. The van der Waals surface area contributed by atoms with E-state index in [1.54, 1.807) is 0 Å². The Labute approximate surface area is 133 Å². The van der Waals surface area contributed by atoms with Crippen LogP contribution in [0.25, 0.3) is 0 Å². The summed E-state index contributed by atoms with van der Waals surface area (Å²) in [6, 6.07) is 6.18. The van der Waals surface area contributed by atoms with Crippen molar-refractivity contribution in [2.24, 2.45) is 11.8 Å². The van der Waals surface area contributed by atoms with E-state index in [0.29, 0.717) is 11.8 Å². The van der Waals surface area contributed by atoms with E-state index in [4.69, 9.17) is 4.74 Å².